The van der Waals surface area contributed by atoms with Gasteiger partial charge in [-0.1, -0.05) is 23.7 Å². The van der Waals surface area contributed by atoms with E-state index in [4.69, 9.17) is 21.1 Å². The molecule has 0 bridgehead atoms. The smallest absolute Gasteiger partial charge is 0.189 e. The number of aromatic hydroxyl groups is 1. The summed E-state index contributed by atoms with van der Waals surface area (Å²) in [5.41, 5.74) is 0.928. The molecule has 2 aromatic rings. The van der Waals surface area contributed by atoms with E-state index in [1.165, 1.54) is 24.3 Å². The fourth-order valence-electron chi connectivity index (χ4n) is 1.92. The van der Waals surface area contributed by atoms with E-state index in [0.29, 0.717) is 16.5 Å². The number of ketones is 1. The Labute approximate surface area is 133 Å². The number of rotatable bonds is 5. The number of hydrogen-bond acceptors (Lipinski definition) is 4. The monoisotopic (exact) mass is 318 g/mol. The maximum atomic E-state index is 12.1. The van der Waals surface area contributed by atoms with Crippen LogP contribution in [0.25, 0.3) is 6.08 Å². The normalized spacial score (nSPS) is 10.7. The molecule has 0 aliphatic carbocycles. The van der Waals surface area contributed by atoms with E-state index in [0.717, 1.165) is 5.56 Å². The van der Waals surface area contributed by atoms with Crippen LogP contribution in [0.3, 0.4) is 0 Å². The van der Waals surface area contributed by atoms with Crippen molar-refractivity contribution in [3.8, 4) is 17.2 Å². The SMILES string of the molecule is COc1ccc(/C=C/C(=O)c2cc(Cl)ccc2O)cc1OC. The fourth-order valence-corrected chi connectivity index (χ4v) is 2.10. The zero-order valence-electron chi connectivity index (χ0n) is 12.2. The Morgan fingerprint density at radius 2 is 1.82 bits per heavy atom. The number of hydrogen-bond donors (Lipinski definition) is 1. The molecule has 2 rings (SSSR count). The van der Waals surface area contributed by atoms with Crippen LogP contribution in [0.2, 0.25) is 5.02 Å². The molecule has 22 heavy (non-hydrogen) atoms. The minimum absolute atomic E-state index is 0.105. The van der Waals surface area contributed by atoms with Gasteiger partial charge in [0.1, 0.15) is 5.75 Å². The van der Waals surface area contributed by atoms with Crippen LogP contribution in [0, 0.1) is 0 Å². The molecule has 0 amide bonds. The van der Waals surface area contributed by atoms with E-state index in [-0.39, 0.29) is 17.1 Å². The van der Waals surface area contributed by atoms with Crippen molar-refractivity contribution in [2.75, 3.05) is 14.2 Å². The Morgan fingerprint density at radius 1 is 1.09 bits per heavy atom. The van der Waals surface area contributed by atoms with E-state index < -0.39 is 0 Å². The van der Waals surface area contributed by atoms with Crippen molar-refractivity contribution in [1.82, 2.24) is 0 Å². The molecule has 2 aromatic carbocycles. The van der Waals surface area contributed by atoms with Gasteiger partial charge < -0.3 is 14.6 Å². The number of benzene rings is 2. The third-order valence-electron chi connectivity index (χ3n) is 3.06. The third-order valence-corrected chi connectivity index (χ3v) is 3.29. The lowest BCUT2D eigenvalue weighted by atomic mass is 10.1. The highest BCUT2D eigenvalue weighted by Gasteiger charge is 2.09. The lowest BCUT2D eigenvalue weighted by Gasteiger charge is -2.07. The molecule has 0 saturated carbocycles. The van der Waals surface area contributed by atoms with Crippen LogP contribution >= 0.6 is 11.6 Å². The summed E-state index contributed by atoms with van der Waals surface area (Å²) >= 11 is 5.83. The van der Waals surface area contributed by atoms with Crippen molar-refractivity contribution in [3.05, 3.63) is 58.6 Å². The van der Waals surface area contributed by atoms with Gasteiger partial charge in [-0.05, 0) is 42.0 Å². The van der Waals surface area contributed by atoms with E-state index in [2.05, 4.69) is 0 Å². The zero-order valence-corrected chi connectivity index (χ0v) is 12.9. The molecule has 1 N–H and O–H groups in total. The minimum atomic E-state index is -0.338. The fraction of sp³-hybridized carbons (Fsp3) is 0.118. The first kappa shape index (κ1) is 15.9. The van der Waals surface area contributed by atoms with Crippen molar-refractivity contribution < 1.29 is 19.4 Å². The van der Waals surface area contributed by atoms with Gasteiger partial charge in [-0.15, -0.1) is 0 Å². The summed E-state index contributed by atoms with van der Waals surface area (Å²) in [4.78, 5) is 12.1. The Kier molecular flexibility index (Phi) is 5.07. The van der Waals surface area contributed by atoms with Crippen molar-refractivity contribution in [2.45, 2.75) is 0 Å². The number of ether oxygens (including phenoxy) is 2. The van der Waals surface area contributed by atoms with Gasteiger partial charge in [-0.3, -0.25) is 4.79 Å². The summed E-state index contributed by atoms with van der Waals surface area (Å²) in [7, 11) is 3.10. The summed E-state index contributed by atoms with van der Waals surface area (Å²) in [6, 6.07) is 9.63. The van der Waals surface area contributed by atoms with Gasteiger partial charge in [0.2, 0.25) is 0 Å². The summed E-state index contributed by atoms with van der Waals surface area (Å²) in [5.74, 6) is 0.738. The highest BCUT2D eigenvalue weighted by molar-refractivity contribution is 6.31. The average molecular weight is 319 g/mol. The summed E-state index contributed by atoms with van der Waals surface area (Å²) in [6.45, 7) is 0. The van der Waals surface area contributed by atoms with Crippen molar-refractivity contribution in [2.24, 2.45) is 0 Å². The van der Waals surface area contributed by atoms with Crippen LogP contribution < -0.4 is 9.47 Å². The maximum absolute atomic E-state index is 12.1. The number of halogens is 1. The molecule has 0 fully saturated rings. The van der Waals surface area contributed by atoms with E-state index >= 15 is 0 Å². The van der Waals surface area contributed by atoms with Gasteiger partial charge in [-0.25, -0.2) is 0 Å². The number of carbonyl (C=O) groups excluding carboxylic acids is 1. The largest absolute Gasteiger partial charge is 0.507 e. The Morgan fingerprint density at radius 3 is 2.50 bits per heavy atom. The molecular weight excluding hydrogens is 304 g/mol. The molecule has 0 unspecified atom stereocenters. The second-order valence-corrected chi connectivity index (χ2v) is 4.91. The first-order valence-corrected chi connectivity index (χ1v) is 6.86. The van der Waals surface area contributed by atoms with Gasteiger partial charge >= 0.3 is 0 Å². The predicted octanol–water partition coefficient (Wildman–Crippen LogP) is 3.96. The van der Waals surface area contributed by atoms with Gasteiger partial charge in [0.25, 0.3) is 0 Å². The molecule has 0 spiro atoms. The molecule has 0 radical (unpaired) electrons. The Bertz CT molecular complexity index is 723. The predicted molar refractivity (Wildman–Crippen MR) is 86.0 cm³/mol. The van der Waals surface area contributed by atoms with Crippen LogP contribution in [0.4, 0.5) is 0 Å². The van der Waals surface area contributed by atoms with Crippen LogP contribution in [-0.2, 0) is 0 Å². The molecule has 0 saturated heterocycles. The Hall–Kier alpha value is -2.46. The lowest BCUT2D eigenvalue weighted by molar-refractivity contribution is 0.104. The highest BCUT2D eigenvalue weighted by Crippen LogP contribution is 2.28. The summed E-state index contributed by atoms with van der Waals surface area (Å²) in [6.07, 6.45) is 3.00. The second-order valence-electron chi connectivity index (χ2n) is 4.47. The average Bonchev–Trinajstić information content (AvgIpc) is 2.54. The number of allylic oxidation sites excluding steroid dienone is 1. The maximum Gasteiger partial charge on any atom is 0.189 e. The topological polar surface area (TPSA) is 55.8 Å². The third kappa shape index (κ3) is 3.59. The molecule has 0 atom stereocenters. The van der Waals surface area contributed by atoms with Crippen molar-refractivity contribution in [1.29, 1.82) is 0 Å². The van der Waals surface area contributed by atoms with Crippen LogP contribution in [0.1, 0.15) is 15.9 Å². The molecule has 0 heterocycles. The summed E-state index contributed by atoms with van der Waals surface area (Å²) in [5, 5.41) is 10.1. The minimum Gasteiger partial charge on any atom is -0.507 e. The van der Waals surface area contributed by atoms with Crippen LogP contribution in [0.15, 0.2) is 42.5 Å². The van der Waals surface area contributed by atoms with Gasteiger partial charge in [0.15, 0.2) is 17.3 Å². The van der Waals surface area contributed by atoms with E-state index in [1.54, 1.807) is 38.5 Å². The standard InChI is InChI=1S/C17H15ClO4/c1-21-16-8-4-11(9-17(16)22-2)3-6-14(19)13-10-12(18)5-7-15(13)20/h3-10,20H,1-2H3/b6-3+. The van der Waals surface area contributed by atoms with Crippen LogP contribution in [-0.4, -0.2) is 25.1 Å². The van der Waals surface area contributed by atoms with Gasteiger partial charge in [-0.2, -0.15) is 0 Å². The summed E-state index contributed by atoms with van der Waals surface area (Å²) < 4.78 is 10.4. The van der Waals surface area contributed by atoms with Crippen LogP contribution in [0.5, 0.6) is 17.2 Å². The number of methoxy groups -OCH3 is 2. The molecular formula is C17H15ClO4. The van der Waals surface area contributed by atoms with E-state index in [9.17, 15) is 9.90 Å². The molecule has 5 heteroatoms. The van der Waals surface area contributed by atoms with Gasteiger partial charge in [0.05, 0.1) is 19.8 Å². The van der Waals surface area contributed by atoms with Crippen molar-refractivity contribution in [3.63, 3.8) is 0 Å². The first-order valence-electron chi connectivity index (χ1n) is 6.48. The van der Waals surface area contributed by atoms with E-state index in [1.807, 2.05) is 0 Å². The molecule has 0 aliphatic rings. The van der Waals surface area contributed by atoms with Crippen molar-refractivity contribution >= 4 is 23.5 Å². The first-order chi connectivity index (χ1) is 10.5. The molecule has 4 nitrogen and oxygen atoms in total. The lowest BCUT2D eigenvalue weighted by Crippen LogP contribution is -1.95. The zero-order chi connectivity index (χ0) is 16.1. The van der Waals surface area contributed by atoms with Gasteiger partial charge in [0, 0.05) is 5.02 Å². The molecule has 0 aromatic heterocycles. The molecule has 114 valence electrons. The number of phenols is 1. The highest BCUT2D eigenvalue weighted by atomic mass is 35.5. The quantitative estimate of drug-likeness (QED) is 0.669. The molecule has 0 aliphatic heterocycles. The number of phenolic OH excluding ortho intramolecular Hbond substituents is 1. The Balaban J connectivity index is 2.24. The number of carbonyl (C=O) groups is 1. The second kappa shape index (κ2) is 7.00.